The predicted octanol–water partition coefficient (Wildman–Crippen LogP) is 4.88. The molecule has 0 aliphatic carbocycles. The van der Waals surface area contributed by atoms with Gasteiger partial charge in [0, 0.05) is 18.2 Å². The van der Waals surface area contributed by atoms with Crippen molar-refractivity contribution in [3.05, 3.63) is 45.7 Å². The summed E-state index contributed by atoms with van der Waals surface area (Å²) in [6.45, 7) is 6.46. The van der Waals surface area contributed by atoms with Crippen molar-refractivity contribution >= 4 is 23.4 Å². The highest BCUT2D eigenvalue weighted by atomic mass is 35.5. The molecule has 0 saturated heterocycles. The molecule has 5 heteroatoms. The van der Waals surface area contributed by atoms with Crippen molar-refractivity contribution in [1.29, 1.82) is 0 Å². The van der Waals surface area contributed by atoms with E-state index in [0.717, 1.165) is 16.9 Å². The quantitative estimate of drug-likeness (QED) is 0.442. The second kappa shape index (κ2) is 7.34. The molecule has 2 aromatic rings. The fourth-order valence-electron chi connectivity index (χ4n) is 2.46. The van der Waals surface area contributed by atoms with Crippen LogP contribution in [-0.4, -0.2) is 23.3 Å². The lowest BCUT2D eigenvalue weighted by atomic mass is 9.91. The summed E-state index contributed by atoms with van der Waals surface area (Å²) in [5.74, 6) is 1.34. The van der Waals surface area contributed by atoms with Gasteiger partial charge in [-0.25, -0.2) is 9.97 Å². The zero-order valence-electron chi connectivity index (χ0n) is 13.6. The van der Waals surface area contributed by atoms with E-state index >= 15 is 0 Å². The lowest BCUT2D eigenvalue weighted by Gasteiger charge is -2.17. The second-order valence-corrected chi connectivity index (χ2v) is 6.66. The number of hydrogen-bond donors (Lipinski definition) is 0. The van der Waals surface area contributed by atoms with E-state index in [9.17, 15) is 0 Å². The molecule has 0 spiro atoms. The van der Waals surface area contributed by atoms with E-state index < -0.39 is 0 Å². The second-order valence-electron chi connectivity index (χ2n) is 5.52. The maximum Gasteiger partial charge on any atom is 0.188 e. The highest BCUT2D eigenvalue weighted by Gasteiger charge is 2.14. The lowest BCUT2D eigenvalue weighted by molar-refractivity contribution is 0.411. The Kier molecular flexibility index (Phi) is 5.70. The summed E-state index contributed by atoms with van der Waals surface area (Å²) in [5, 5.41) is 1.22. The molecule has 0 fully saturated rings. The molecule has 0 N–H and O–H groups in total. The number of methoxy groups -OCH3 is 1. The molecule has 1 aromatic heterocycles. The first kappa shape index (κ1) is 17.1. The maximum absolute atomic E-state index is 6.30. The highest BCUT2D eigenvalue weighted by Crippen LogP contribution is 2.30. The number of nitrogens with zero attached hydrogens (tertiary/aromatic N) is 2. The normalized spacial score (nSPS) is 11.0. The Labute approximate surface area is 141 Å². The molecule has 0 aliphatic heterocycles. The number of halogens is 1. The highest BCUT2D eigenvalue weighted by molar-refractivity contribution is 7.98. The van der Waals surface area contributed by atoms with Gasteiger partial charge >= 0.3 is 0 Å². The SMILES string of the molecule is COc1cc(Cc2cnc(SC)nc2Cl)c(C(C)C)cc1C. The lowest BCUT2D eigenvalue weighted by Crippen LogP contribution is -2.02. The topological polar surface area (TPSA) is 35.0 Å². The van der Waals surface area contributed by atoms with Crippen LogP contribution in [0.3, 0.4) is 0 Å². The minimum Gasteiger partial charge on any atom is -0.496 e. The zero-order chi connectivity index (χ0) is 16.3. The number of aromatic nitrogens is 2. The van der Waals surface area contributed by atoms with Crippen LogP contribution in [0.4, 0.5) is 0 Å². The van der Waals surface area contributed by atoms with E-state index in [0.29, 0.717) is 22.6 Å². The molecule has 0 unspecified atom stereocenters. The molecule has 0 amide bonds. The smallest absolute Gasteiger partial charge is 0.188 e. The van der Waals surface area contributed by atoms with Crippen molar-refractivity contribution in [3.8, 4) is 5.75 Å². The number of thioether (sulfide) groups is 1. The van der Waals surface area contributed by atoms with Gasteiger partial charge in [0.25, 0.3) is 0 Å². The first-order chi connectivity index (χ1) is 10.5. The van der Waals surface area contributed by atoms with E-state index in [2.05, 4.69) is 42.9 Å². The molecule has 3 nitrogen and oxygen atoms in total. The molecular weight excluding hydrogens is 316 g/mol. The first-order valence-corrected chi connectivity index (χ1v) is 8.79. The molecule has 0 atom stereocenters. The Balaban J connectivity index is 2.43. The van der Waals surface area contributed by atoms with Crippen LogP contribution in [0.1, 0.15) is 42.0 Å². The summed E-state index contributed by atoms with van der Waals surface area (Å²) in [7, 11) is 1.70. The molecule has 0 radical (unpaired) electrons. The van der Waals surface area contributed by atoms with E-state index in [4.69, 9.17) is 16.3 Å². The Morgan fingerprint density at radius 3 is 2.55 bits per heavy atom. The molecule has 1 aromatic carbocycles. The third-order valence-corrected chi connectivity index (χ3v) is 4.52. The van der Waals surface area contributed by atoms with Crippen LogP contribution < -0.4 is 4.74 Å². The molecule has 2 rings (SSSR count). The molecular formula is C17H21ClN2OS. The average Bonchev–Trinajstić information content (AvgIpc) is 2.50. The summed E-state index contributed by atoms with van der Waals surface area (Å²) in [6, 6.07) is 4.30. The van der Waals surface area contributed by atoms with Crippen LogP contribution in [0.25, 0.3) is 0 Å². The minimum absolute atomic E-state index is 0.435. The summed E-state index contributed by atoms with van der Waals surface area (Å²) in [4.78, 5) is 8.63. The van der Waals surface area contributed by atoms with Crippen molar-refractivity contribution in [2.24, 2.45) is 0 Å². The van der Waals surface area contributed by atoms with Gasteiger partial charge in [-0.2, -0.15) is 0 Å². The third-order valence-electron chi connectivity index (χ3n) is 3.63. The van der Waals surface area contributed by atoms with Gasteiger partial charge in [-0.15, -0.1) is 0 Å². The fraction of sp³-hybridized carbons (Fsp3) is 0.412. The van der Waals surface area contributed by atoms with Gasteiger partial charge in [-0.05, 0) is 41.9 Å². The number of rotatable bonds is 5. The summed E-state index contributed by atoms with van der Waals surface area (Å²) in [5.41, 5.74) is 4.60. The van der Waals surface area contributed by atoms with Crippen LogP contribution >= 0.6 is 23.4 Å². The van der Waals surface area contributed by atoms with Crippen molar-refractivity contribution in [1.82, 2.24) is 9.97 Å². The van der Waals surface area contributed by atoms with Gasteiger partial charge in [-0.1, -0.05) is 43.3 Å². The van der Waals surface area contributed by atoms with Crippen molar-refractivity contribution < 1.29 is 4.74 Å². The van der Waals surface area contributed by atoms with Crippen molar-refractivity contribution in [2.75, 3.05) is 13.4 Å². The Morgan fingerprint density at radius 2 is 2.00 bits per heavy atom. The zero-order valence-corrected chi connectivity index (χ0v) is 15.2. The van der Waals surface area contributed by atoms with E-state index in [1.807, 2.05) is 12.5 Å². The molecule has 0 aliphatic rings. The maximum atomic E-state index is 6.30. The molecule has 118 valence electrons. The van der Waals surface area contributed by atoms with Crippen LogP contribution in [0.5, 0.6) is 5.75 Å². The molecule has 0 bridgehead atoms. The van der Waals surface area contributed by atoms with E-state index in [-0.39, 0.29) is 0 Å². The van der Waals surface area contributed by atoms with Crippen molar-refractivity contribution in [3.63, 3.8) is 0 Å². The fourth-order valence-corrected chi connectivity index (χ4v) is 3.04. The third kappa shape index (κ3) is 3.73. The van der Waals surface area contributed by atoms with Crippen LogP contribution in [-0.2, 0) is 6.42 Å². The van der Waals surface area contributed by atoms with Gasteiger partial charge in [0.05, 0.1) is 7.11 Å². The largest absolute Gasteiger partial charge is 0.496 e. The number of benzene rings is 1. The van der Waals surface area contributed by atoms with Gasteiger partial charge in [0.2, 0.25) is 0 Å². The van der Waals surface area contributed by atoms with Crippen molar-refractivity contribution in [2.45, 2.75) is 38.3 Å². The average molecular weight is 337 g/mol. The summed E-state index contributed by atoms with van der Waals surface area (Å²) >= 11 is 7.79. The van der Waals surface area contributed by atoms with E-state index in [1.165, 1.54) is 22.9 Å². The predicted molar refractivity (Wildman–Crippen MR) is 93.4 cm³/mol. The standard InChI is InChI=1S/C17H21ClN2OS/c1-10(2)14-6-11(3)15(21-4)8-12(14)7-13-9-19-17(22-5)20-16(13)18/h6,8-10H,7H2,1-5H3. The van der Waals surface area contributed by atoms with Gasteiger partial charge in [-0.3, -0.25) is 0 Å². The van der Waals surface area contributed by atoms with Crippen LogP contribution in [0.2, 0.25) is 5.15 Å². The van der Waals surface area contributed by atoms with Gasteiger partial charge < -0.3 is 4.74 Å². The van der Waals surface area contributed by atoms with Crippen LogP contribution in [0.15, 0.2) is 23.5 Å². The number of hydrogen-bond acceptors (Lipinski definition) is 4. The number of aryl methyl sites for hydroxylation is 1. The monoisotopic (exact) mass is 336 g/mol. The summed E-state index contributed by atoms with van der Waals surface area (Å²) < 4.78 is 5.46. The molecule has 0 saturated carbocycles. The molecule has 22 heavy (non-hydrogen) atoms. The van der Waals surface area contributed by atoms with E-state index in [1.54, 1.807) is 7.11 Å². The Hall–Kier alpha value is -1.26. The first-order valence-electron chi connectivity index (χ1n) is 7.19. The van der Waals surface area contributed by atoms with Crippen LogP contribution in [0, 0.1) is 6.92 Å². The Morgan fingerprint density at radius 1 is 1.27 bits per heavy atom. The van der Waals surface area contributed by atoms with Gasteiger partial charge in [0.15, 0.2) is 5.16 Å². The number of ether oxygens (including phenoxy) is 1. The summed E-state index contributed by atoms with van der Waals surface area (Å²) in [6.07, 6.45) is 4.46. The minimum atomic E-state index is 0.435. The Bertz CT molecular complexity index is 674. The molecule has 1 heterocycles. The van der Waals surface area contributed by atoms with Gasteiger partial charge in [0.1, 0.15) is 10.9 Å².